The summed E-state index contributed by atoms with van der Waals surface area (Å²) < 4.78 is 0. The average Bonchev–Trinajstić information content (AvgIpc) is 2.73. The van der Waals surface area contributed by atoms with Gasteiger partial charge in [0.2, 0.25) is 5.91 Å². The second-order valence-corrected chi connectivity index (χ2v) is 8.44. The molecular formula is C24H45ClN2O3. The third-order valence-electron chi connectivity index (χ3n) is 5.31. The number of carbonyl (C=O) groups excluding carboxylic acids is 1. The van der Waals surface area contributed by atoms with Crippen LogP contribution in [0, 0.1) is 0 Å². The molecule has 0 spiro atoms. The maximum absolute atomic E-state index is 12.0. The van der Waals surface area contributed by atoms with Crippen LogP contribution in [0.5, 0.6) is 0 Å². The molecule has 6 heteroatoms. The van der Waals surface area contributed by atoms with Crippen molar-refractivity contribution in [3.05, 3.63) is 12.2 Å². The molecule has 0 aliphatic carbocycles. The van der Waals surface area contributed by atoms with Gasteiger partial charge in [0.15, 0.2) is 0 Å². The van der Waals surface area contributed by atoms with Gasteiger partial charge in [-0.3, -0.25) is 4.79 Å². The SMILES string of the molecule is CCCCCCCC/C=C/CCCCCCCC(=O)N[C@@H](CCCCNCl)C(=O)O. The van der Waals surface area contributed by atoms with E-state index in [-0.39, 0.29) is 5.91 Å². The second-order valence-electron chi connectivity index (χ2n) is 8.17. The molecule has 30 heavy (non-hydrogen) atoms. The molecule has 1 atom stereocenters. The zero-order chi connectivity index (χ0) is 22.3. The molecule has 0 aromatic rings. The zero-order valence-electron chi connectivity index (χ0n) is 19.1. The van der Waals surface area contributed by atoms with Gasteiger partial charge in [0, 0.05) is 13.0 Å². The first-order chi connectivity index (χ1) is 14.6. The molecule has 0 rings (SSSR count). The first-order valence-corrected chi connectivity index (χ1v) is 12.5. The zero-order valence-corrected chi connectivity index (χ0v) is 19.9. The molecule has 0 heterocycles. The fourth-order valence-electron chi connectivity index (χ4n) is 3.42. The number of hydrogen-bond donors (Lipinski definition) is 3. The summed E-state index contributed by atoms with van der Waals surface area (Å²) in [4.78, 5) is 25.7. The number of allylic oxidation sites excluding steroid dienone is 2. The Balaban J connectivity index is 3.54. The van der Waals surface area contributed by atoms with Gasteiger partial charge >= 0.3 is 5.97 Å². The van der Waals surface area contributed by atoms with Crippen molar-refractivity contribution in [1.29, 1.82) is 0 Å². The van der Waals surface area contributed by atoms with E-state index >= 15 is 0 Å². The number of rotatable bonds is 22. The maximum atomic E-state index is 12.0. The van der Waals surface area contributed by atoms with Crippen molar-refractivity contribution in [1.82, 2.24) is 10.2 Å². The first-order valence-electron chi connectivity index (χ1n) is 12.1. The Kier molecular flexibility index (Phi) is 21.8. The number of unbranched alkanes of at least 4 members (excludes halogenated alkanes) is 12. The van der Waals surface area contributed by atoms with Gasteiger partial charge in [-0.25, -0.2) is 9.63 Å². The van der Waals surface area contributed by atoms with E-state index in [4.69, 9.17) is 11.8 Å². The molecule has 0 aromatic heterocycles. The van der Waals surface area contributed by atoms with Crippen molar-refractivity contribution in [3.8, 4) is 0 Å². The van der Waals surface area contributed by atoms with E-state index in [1.54, 1.807) is 0 Å². The topological polar surface area (TPSA) is 78.4 Å². The summed E-state index contributed by atoms with van der Waals surface area (Å²) in [5.74, 6) is -1.12. The summed E-state index contributed by atoms with van der Waals surface area (Å²) in [7, 11) is 0. The van der Waals surface area contributed by atoms with Crippen molar-refractivity contribution >= 4 is 23.7 Å². The summed E-state index contributed by atoms with van der Waals surface area (Å²) >= 11 is 5.38. The molecule has 0 bridgehead atoms. The maximum Gasteiger partial charge on any atom is 0.326 e. The van der Waals surface area contributed by atoms with Crippen LogP contribution in [0.4, 0.5) is 0 Å². The Morgan fingerprint density at radius 3 is 1.97 bits per heavy atom. The molecular weight excluding hydrogens is 400 g/mol. The highest BCUT2D eigenvalue weighted by Gasteiger charge is 2.18. The van der Waals surface area contributed by atoms with Crippen molar-refractivity contribution < 1.29 is 14.7 Å². The lowest BCUT2D eigenvalue weighted by molar-refractivity contribution is -0.142. The van der Waals surface area contributed by atoms with Gasteiger partial charge in [0.25, 0.3) is 0 Å². The molecule has 0 saturated heterocycles. The number of carbonyl (C=O) groups is 2. The van der Waals surface area contributed by atoms with Crippen LogP contribution in [0.2, 0.25) is 0 Å². The Morgan fingerprint density at radius 2 is 1.40 bits per heavy atom. The standard InChI is InChI=1S/C24H45ClN2O3/c1-2-3-4-5-6-7-8-9-10-11-12-13-14-15-16-20-23(28)27-22(24(29)30)19-17-18-21-26-25/h9-10,22,26H,2-8,11-21H2,1H3,(H,27,28)(H,29,30)/b10-9+/t22-/m0/s1. The van der Waals surface area contributed by atoms with Crippen molar-refractivity contribution in [2.75, 3.05) is 6.54 Å². The number of aliphatic carboxylic acids is 1. The van der Waals surface area contributed by atoms with Gasteiger partial charge in [0.1, 0.15) is 6.04 Å². The quantitative estimate of drug-likeness (QED) is 0.101. The smallest absolute Gasteiger partial charge is 0.326 e. The monoisotopic (exact) mass is 444 g/mol. The normalized spacial score (nSPS) is 12.3. The van der Waals surface area contributed by atoms with E-state index in [1.807, 2.05) is 0 Å². The van der Waals surface area contributed by atoms with E-state index in [9.17, 15) is 14.7 Å². The first kappa shape index (κ1) is 28.9. The van der Waals surface area contributed by atoms with E-state index in [1.165, 1.54) is 57.8 Å². The van der Waals surface area contributed by atoms with Crippen LogP contribution in [0.25, 0.3) is 0 Å². The van der Waals surface area contributed by atoms with Crippen LogP contribution in [-0.4, -0.2) is 29.6 Å². The van der Waals surface area contributed by atoms with Gasteiger partial charge in [0.05, 0.1) is 0 Å². The van der Waals surface area contributed by atoms with E-state index in [0.717, 1.165) is 32.1 Å². The lowest BCUT2D eigenvalue weighted by atomic mass is 10.1. The fourth-order valence-corrected chi connectivity index (χ4v) is 3.55. The molecule has 5 nitrogen and oxygen atoms in total. The molecule has 0 aliphatic rings. The summed E-state index contributed by atoms with van der Waals surface area (Å²) in [6, 6.07) is -0.795. The molecule has 1 amide bonds. The summed E-state index contributed by atoms with van der Waals surface area (Å²) in [6.07, 6.45) is 22.8. The number of halogens is 1. The van der Waals surface area contributed by atoms with Crippen LogP contribution in [0.15, 0.2) is 12.2 Å². The highest BCUT2D eigenvalue weighted by molar-refractivity contribution is 6.13. The van der Waals surface area contributed by atoms with Gasteiger partial charge in [-0.1, -0.05) is 70.4 Å². The molecule has 0 aliphatic heterocycles. The van der Waals surface area contributed by atoms with Crippen LogP contribution < -0.4 is 10.2 Å². The Hall–Kier alpha value is -1.07. The van der Waals surface area contributed by atoms with Gasteiger partial charge in [-0.15, -0.1) is 0 Å². The number of carboxylic acid groups (broad SMARTS) is 1. The minimum Gasteiger partial charge on any atom is -0.480 e. The minimum atomic E-state index is -0.966. The Labute approximate surface area is 189 Å². The lowest BCUT2D eigenvalue weighted by Crippen LogP contribution is -2.40. The second kappa shape index (κ2) is 22.6. The van der Waals surface area contributed by atoms with Crippen LogP contribution in [0.1, 0.15) is 116 Å². The van der Waals surface area contributed by atoms with Gasteiger partial charge < -0.3 is 10.4 Å². The van der Waals surface area contributed by atoms with Crippen LogP contribution >= 0.6 is 11.8 Å². The Bertz CT molecular complexity index is 444. The number of hydrogen-bond acceptors (Lipinski definition) is 3. The van der Waals surface area contributed by atoms with Crippen molar-refractivity contribution in [3.63, 3.8) is 0 Å². The summed E-state index contributed by atoms with van der Waals surface area (Å²) in [5.41, 5.74) is 0. The number of carboxylic acids is 1. The minimum absolute atomic E-state index is 0.157. The Morgan fingerprint density at radius 1 is 0.833 bits per heavy atom. The molecule has 0 unspecified atom stereocenters. The molecule has 0 fully saturated rings. The van der Waals surface area contributed by atoms with Crippen LogP contribution in [-0.2, 0) is 9.59 Å². The molecule has 3 N–H and O–H groups in total. The predicted octanol–water partition coefficient (Wildman–Crippen LogP) is 6.51. The van der Waals surface area contributed by atoms with E-state index < -0.39 is 12.0 Å². The average molecular weight is 445 g/mol. The van der Waals surface area contributed by atoms with Gasteiger partial charge in [-0.2, -0.15) is 0 Å². The van der Waals surface area contributed by atoms with E-state index in [0.29, 0.717) is 25.8 Å². The summed E-state index contributed by atoms with van der Waals surface area (Å²) in [5, 5.41) is 11.9. The summed E-state index contributed by atoms with van der Waals surface area (Å²) in [6.45, 7) is 2.89. The van der Waals surface area contributed by atoms with Crippen LogP contribution in [0.3, 0.4) is 0 Å². The fraction of sp³-hybridized carbons (Fsp3) is 0.833. The molecule has 176 valence electrons. The molecule has 0 aromatic carbocycles. The highest BCUT2D eigenvalue weighted by atomic mass is 35.5. The lowest BCUT2D eigenvalue weighted by Gasteiger charge is -2.14. The molecule has 0 radical (unpaired) electrons. The third kappa shape index (κ3) is 20.2. The van der Waals surface area contributed by atoms with E-state index in [2.05, 4.69) is 29.2 Å². The van der Waals surface area contributed by atoms with Gasteiger partial charge in [-0.05, 0) is 63.1 Å². The van der Waals surface area contributed by atoms with Crippen molar-refractivity contribution in [2.24, 2.45) is 0 Å². The third-order valence-corrected chi connectivity index (χ3v) is 5.50. The molecule has 0 saturated carbocycles. The predicted molar refractivity (Wildman–Crippen MR) is 127 cm³/mol. The number of nitrogens with one attached hydrogen (secondary N) is 2. The largest absolute Gasteiger partial charge is 0.480 e. The van der Waals surface area contributed by atoms with Crippen molar-refractivity contribution in [2.45, 2.75) is 122 Å². The number of amides is 1. The highest BCUT2D eigenvalue weighted by Crippen LogP contribution is 2.10.